The predicted molar refractivity (Wildman–Crippen MR) is 60.8 cm³/mol. The maximum Gasteiger partial charge on any atom is 0.573 e. The first-order valence-corrected chi connectivity index (χ1v) is 6.52. The zero-order chi connectivity index (χ0) is 14.0. The van der Waals surface area contributed by atoms with Crippen molar-refractivity contribution in [2.75, 3.05) is 4.72 Å². The fraction of sp³-hybridized carbons (Fsp3) is 0.400. The molecule has 0 aliphatic heterocycles. The molecule has 4 nitrogen and oxygen atoms in total. The molecular formula is C10H12F3NO3S. The van der Waals surface area contributed by atoms with E-state index in [1.165, 1.54) is 26.0 Å². The van der Waals surface area contributed by atoms with Crippen LogP contribution in [0.1, 0.15) is 13.8 Å². The Hall–Kier alpha value is -1.44. The lowest BCUT2D eigenvalue weighted by molar-refractivity contribution is -0.274. The van der Waals surface area contributed by atoms with Crippen molar-refractivity contribution in [1.82, 2.24) is 0 Å². The number of alkyl halides is 3. The Labute approximate surface area is 103 Å². The number of rotatable bonds is 4. The SMILES string of the molecule is CC(C)S(=O)(=O)Nc1ccc(OC(F)(F)F)cc1. The molecule has 0 spiro atoms. The molecule has 0 radical (unpaired) electrons. The van der Waals surface area contributed by atoms with Gasteiger partial charge >= 0.3 is 6.36 Å². The minimum Gasteiger partial charge on any atom is -0.406 e. The zero-order valence-corrected chi connectivity index (χ0v) is 10.5. The molecule has 0 heterocycles. The lowest BCUT2D eigenvalue weighted by Gasteiger charge is -2.12. The Bertz CT molecular complexity index is 494. The maximum atomic E-state index is 11.9. The van der Waals surface area contributed by atoms with Crippen molar-refractivity contribution < 1.29 is 26.3 Å². The summed E-state index contributed by atoms with van der Waals surface area (Å²) in [6.07, 6.45) is -4.76. The molecule has 102 valence electrons. The van der Waals surface area contributed by atoms with Crippen molar-refractivity contribution in [2.45, 2.75) is 25.5 Å². The van der Waals surface area contributed by atoms with E-state index in [-0.39, 0.29) is 5.69 Å². The predicted octanol–water partition coefficient (Wildman–Crippen LogP) is 2.74. The van der Waals surface area contributed by atoms with Gasteiger partial charge < -0.3 is 4.74 Å². The third-order valence-corrected chi connectivity index (χ3v) is 3.73. The summed E-state index contributed by atoms with van der Waals surface area (Å²) < 4.78 is 64.5. The number of benzene rings is 1. The molecule has 0 aliphatic carbocycles. The minimum absolute atomic E-state index is 0.179. The summed E-state index contributed by atoms with van der Waals surface area (Å²) in [5.74, 6) is -0.407. The molecule has 0 saturated heterocycles. The second-order valence-electron chi connectivity index (χ2n) is 3.77. The second-order valence-corrected chi connectivity index (χ2v) is 6.00. The van der Waals surface area contributed by atoms with E-state index in [1.54, 1.807) is 0 Å². The van der Waals surface area contributed by atoms with Gasteiger partial charge in [0.2, 0.25) is 10.0 Å². The van der Waals surface area contributed by atoms with Gasteiger partial charge in [-0.1, -0.05) is 0 Å². The normalized spacial score (nSPS) is 12.6. The Balaban J connectivity index is 2.79. The van der Waals surface area contributed by atoms with Crippen molar-refractivity contribution in [3.8, 4) is 5.75 Å². The average Bonchev–Trinajstić information content (AvgIpc) is 2.18. The molecule has 0 amide bonds. The summed E-state index contributed by atoms with van der Waals surface area (Å²) in [6, 6.07) is 4.46. The Kier molecular flexibility index (Phi) is 4.10. The van der Waals surface area contributed by atoms with Crippen LogP contribution in [-0.2, 0) is 10.0 Å². The first kappa shape index (κ1) is 14.6. The van der Waals surface area contributed by atoms with E-state index in [4.69, 9.17) is 0 Å². The Morgan fingerprint density at radius 3 is 2.06 bits per heavy atom. The number of ether oxygens (including phenoxy) is 1. The van der Waals surface area contributed by atoms with Crippen LogP contribution in [0.25, 0.3) is 0 Å². The van der Waals surface area contributed by atoms with Gasteiger partial charge in [-0.15, -0.1) is 13.2 Å². The van der Waals surface area contributed by atoms with Crippen molar-refractivity contribution >= 4 is 15.7 Å². The number of sulfonamides is 1. The van der Waals surface area contributed by atoms with Gasteiger partial charge in [-0.25, -0.2) is 8.42 Å². The molecule has 0 fully saturated rings. The van der Waals surface area contributed by atoms with E-state index in [9.17, 15) is 21.6 Å². The highest BCUT2D eigenvalue weighted by atomic mass is 32.2. The van der Waals surface area contributed by atoms with E-state index < -0.39 is 27.4 Å². The molecule has 0 aliphatic rings. The summed E-state index contributed by atoms with van der Waals surface area (Å²) in [6.45, 7) is 2.98. The largest absolute Gasteiger partial charge is 0.573 e. The van der Waals surface area contributed by atoms with Crippen LogP contribution in [0, 0.1) is 0 Å². The molecule has 1 rings (SSSR count). The van der Waals surface area contributed by atoms with Crippen LogP contribution >= 0.6 is 0 Å². The molecule has 0 atom stereocenters. The number of hydrogen-bond donors (Lipinski definition) is 1. The van der Waals surface area contributed by atoms with Crippen LogP contribution < -0.4 is 9.46 Å². The summed E-state index contributed by atoms with van der Waals surface area (Å²) in [5.41, 5.74) is 0.179. The highest BCUT2D eigenvalue weighted by molar-refractivity contribution is 7.93. The molecule has 1 aromatic carbocycles. The summed E-state index contributed by atoms with van der Waals surface area (Å²) in [7, 11) is -3.51. The van der Waals surface area contributed by atoms with E-state index in [1.807, 2.05) is 0 Å². The average molecular weight is 283 g/mol. The summed E-state index contributed by atoms with van der Waals surface area (Å²) >= 11 is 0. The molecule has 0 saturated carbocycles. The third kappa shape index (κ3) is 4.44. The van der Waals surface area contributed by atoms with Gasteiger partial charge in [0.05, 0.1) is 5.25 Å². The summed E-state index contributed by atoms with van der Waals surface area (Å²) in [4.78, 5) is 0. The van der Waals surface area contributed by atoms with Crippen LogP contribution in [0.5, 0.6) is 5.75 Å². The summed E-state index contributed by atoms with van der Waals surface area (Å²) in [5, 5.41) is -0.636. The highest BCUT2D eigenvalue weighted by Crippen LogP contribution is 2.24. The van der Waals surface area contributed by atoms with E-state index >= 15 is 0 Å². The standard InChI is InChI=1S/C10H12F3NO3S/c1-7(2)18(15,16)14-8-3-5-9(6-4-8)17-10(11,12)13/h3-7,14H,1-2H3. The first-order chi connectivity index (χ1) is 8.10. The van der Waals surface area contributed by atoms with Crippen LogP contribution in [0.4, 0.5) is 18.9 Å². The topological polar surface area (TPSA) is 55.4 Å². The van der Waals surface area contributed by atoms with E-state index in [2.05, 4.69) is 9.46 Å². The monoisotopic (exact) mass is 283 g/mol. The molecule has 0 bridgehead atoms. The molecule has 1 aromatic rings. The second kappa shape index (κ2) is 5.05. The van der Waals surface area contributed by atoms with Crippen LogP contribution in [0.3, 0.4) is 0 Å². The van der Waals surface area contributed by atoms with Crippen molar-refractivity contribution in [3.05, 3.63) is 24.3 Å². The third-order valence-electron chi connectivity index (χ3n) is 1.97. The van der Waals surface area contributed by atoms with Crippen molar-refractivity contribution in [3.63, 3.8) is 0 Å². The number of halogens is 3. The fourth-order valence-corrected chi connectivity index (χ4v) is 1.71. The zero-order valence-electron chi connectivity index (χ0n) is 9.65. The number of hydrogen-bond acceptors (Lipinski definition) is 3. The molecule has 8 heteroatoms. The van der Waals surface area contributed by atoms with Crippen LogP contribution in [0.15, 0.2) is 24.3 Å². The van der Waals surface area contributed by atoms with Crippen LogP contribution in [-0.4, -0.2) is 20.0 Å². The van der Waals surface area contributed by atoms with Crippen LogP contribution in [0.2, 0.25) is 0 Å². The molecule has 0 aromatic heterocycles. The van der Waals surface area contributed by atoms with Crippen molar-refractivity contribution in [2.24, 2.45) is 0 Å². The first-order valence-electron chi connectivity index (χ1n) is 4.97. The van der Waals surface area contributed by atoms with Gasteiger partial charge in [0, 0.05) is 5.69 Å². The van der Waals surface area contributed by atoms with Gasteiger partial charge in [0.25, 0.3) is 0 Å². The number of anilines is 1. The molecular weight excluding hydrogens is 271 g/mol. The smallest absolute Gasteiger partial charge is 0.406 e. The lowest BCUT2D eigenvalue weighted by Crippen LogP contribution is -2.22. The van der Waals surface area contributed by atoms with E-state index in [0.717, 1.165) is 12.1 Å². The lowest BCUT2D eigenvalue weighted by atomic mass is 10.3. The molecule has 18 heavy (non-hydrogen) atoms. The van der Waals surface area contributed by atoms with Gasteiger partial charge in [-0.3, -0.25) is 4.72 Å². The highest BCUT2D eigenvalue weighted by Gasteiger charge is 2.31. The quantitative estimate of drug-likeness (QED) is 0.924. The maximum absolute atomic E-state index is 11.9. The van der Waals surface area contributed by atoms with Gasteiger partial charge in [-0.05, 0) is 38.1 Å². The van der Waals surface area contributed by atoms with Gasteiger partial charge in [0.15, 0.2) is 0 Å². The fourth-order valence-electron chi connectivity index (χ4n) is 1.01. The van der Waals surface area contributed by atoms with E-state index in [0.29, 0.717) is 0 Å². The molecule has 1 N–H and O–H groups in total. The van der Waals surface area contributed by atoms with Gasteiger partial charge in [-0.2, -0.15) is 0 Å². The van der Waals surface area contributed by atoms with Crippen molar-refractivity contribution in [1.29, 1.82) is 0 Å². The minimum atomic E-state index is -4.76. The Morgan fingerprint density at radius 1 is 1.17 bits per heavy atom. The molecule has 0 unspecified atom stereocenters. The number of nitrogens with one attached hydrogen (secondary N) is 1. The van der Waals surface area contributed by atoms with Gasteiger partial charge in [0.1, 0.15) is 5.75 Å². The Morgan fingerprint density at radius 2 is 1.67 bits per heavy atom.